The van der Waals surface area contributed by atoms with E-state index < -0.39 is 21.4 Å². The van der Waals surface area contributed by atoms with Crippen molar-refractivity contribution < 1.29 is 25.8 Å². The number of hydrogen-bond donors (Lipinski definition) is 0. The lowest BCUT2D eigenvalue weighted by atomic mass is 10.2. The van der Waals surface area contributed by atoms with Crippen molar-refractivity contribution in [2.75, 3.05) is 47.8 Å². The molecule has 0 radical (unpaired) electrons. The molecule has 8 bridgehead atoms. The summed E-state index contributed by atoms with van der Waals surface area (Å²) in [7, 11) is 0.639. The molecule has 0 spiro atoms. The zero-order valence-electron chi connectivity index (χ0n) is 21.8. The molecule has 0 unspecified atom stereocenters. The van der Waals surface area contributed by atoms with Crippen LogP contribution in [0.3, 0.4) is 0 Å². The van der Waals surface area contributed by atoms with Crippen LogP contribution < -0.4 is 23.8 Å². The number of rotatable bonds is 2. The summed E-state index contributed by atoms with van der Waals surface area (Å²) in [6.45, 7) is 0. The van der Waals surface area contributed by atoms with Crippen molar-refractivity contribution in [1.29, 1.82) is 0 Å². The zero-order valence-corrected chi connectivity index (χ0v) is 22.6. The molecule has 0 atom stereocenters. The number of nitrogens with zero attached hydrogens (tertiary/aromatic N) is 7. The molecule has 208 valence electrons. The number of benzene rings is 1. The van der Waals surface area contributed by atoms with Crippen molar-refractivity contribution in [3.8, 4) is 5.75 Å². The smallest absolute Gasteiger partial charge is 0.372 e. The molecule has 1 aromatic carbocycles. The number of anilines is 8. The Hall–Kier alpha value is -4.59. The SMILES string of the molecule is CN1c2cccc(n2)N(C)c2cccc(n2)N(C)c2cccc(c2OS(=O)(=O)C(F)(F)F)N(C)c2cccc1n2. The number of alkyl halides is 3. The summed E-state index contributed by atoms with van der Waals surface area (Å²) in [5.41, 5.74) is -5.58. The maximum Gasteiger partial charge on any atom is 0.534 e. The summed E-state index contributed by atoms with van der Waals surface area (Å²) in [5.74, 6) is 2.24. The second kappa shape index (κ2) is 9.86. The third kappa shape index (κ3) is 4.81. The van der Waals surface area contributed by atoms with Crippen LogP contribution in [0.25, 0.3) is 0 Å². The fraction of sp³-hybridized carbons (Fsp3) is 0.192. The average molecular weight is 572 g/mol. The lowest BCUT2D eigenvalue weighted by molar-refractivity contribution is -0.0499. The molecule has 0 N–H and O–H groups in total. The Labute approximate surface area is 229 Å². The Morgan fingerprint density at radius 3 is 1.20 bits per heavy atom. The van der Waals surface area contributed by atoms with Crippen molar-refractivity contribution in [2.24, 2.45) is 0 Å². The predicted molar refractivity (Wildman–Crippen MR) is 147 cm³/mol. The van der Waals surface area contributed by atoms with Crippen LogP contribution in [-0.2, 0) is 10.1 Å². The minimum Gasteiger partial charge on any atom is -0.372 e. The third-order valence-electron chi connectivity index (χ3n) is 6.39. The molecule has 0 amide bonds. The van der Waals surface area contributed by atoms with Crippen molar-refractivity contribution >= 4 is 56.4 Å². The first-order valence-corrected chi connectivity index (χ1v) is 13.3. The highest BCUT2D eigenvalue weighted by atomic mass is 32.2. The van der Waals surface area contributed by atoms with Crippen molar-refractivity contribution in [3.05, 3.63) is 72.8 Å². The highest BCUT2D eigenvalue weighted by molar-refractivity contribution is 7.88. The fourth-order valence-corrected chi connectivity index (χ4v) is 4.61. The van der Waals surface area contributed by atoms with E-state index in [9.17, 15) is 21.6 Å². The third-order valence-corrected chi connectivity index (χ3v) is 7.35. The van der Waals surface area contributed by atoms with Gasteiger partial charge in [0, 0.05) is 28.2 Å². The fourth-order valence-electron chi connectivity index (χ4n) is 4.12. The highest BCUT2D eigenvalue weighted by Gasteiger charge is 2.49. The standard InChI is InChI=1S/C26H24F3N7O3S/c1-33-17-9-5-10-18(25(17)39-40(37,38)26(27,28)29)34(2)20-12-7-14-22(31-20)36(4)24-16-8-15-23(32-24)35(3)21-13-6-11-19(33)30-21/h5-16H,1-4H3. The van der Waals surface area contributed by atoms with E-state index in [0.717, 1.165) is 0 Å². The van der Waals surface area contributed by atoms with E-state index in [1.165, 1.54) is 21.9 Å². The second-order valence-corrected chi connectivity index (χ2v) is 10.4. The first-order chi connectivity index (χ1) is 18.9. The second-order valence-electron chi connectivity index (χ2n) is 8.91. The molecular formula is C26H24F3N7O3S. The molecule has 14 heteroatoms. The molecule has 4 heterocycles. The Kier molecular flexibility index (Phi) is 6.66. The molecule has 40 heavy (non-hydrogen) atoms. The van der Waals surface area contributed by atoms with Gasteiger partial charge in [0.25, 0.3) is 0 Å². The van der Waals surface area contributed by atoms with Crippen LogP contribution >= 0.6 is 0 Å². The van der Waals surface area contributed by atoms with Gasteiger partial charge < -0.3 is 23.8 Å². The summed E-state index contributed by atoms with van der Waals surface area (Å²) in [6, 6.07) is 20.2. The van der Waals surface area contributed by atoms with E-state index >= 15 is 0 Å². The number of halogens is 3. The van der Waals surface area contributed by atoms with Crippen LogP contribution in [0, 0.1) is 0 Å². The van der Waals surface area contributed by atoms with E-state index in [4.69, 9.17) is 9.17 Å². The summed E-state index contributed by atoms with van der Waals surface area (Å²) in [4.78, 5) is 20.5. The quantitative estimate of drug-likeness (QED) is 0.227. The van der Waals surface area contributed by atoms with Crippen LogP contribution in [0.1, 0.15) is 0 Å². The van der Waals surface area contributed by atoms with Gasteiger partial charge in [-0.3, -0.25) is 0 Å². The van der Waals surface area contributed by atoms with Crippen molar-refractivity contribution in [2.45, 2.75) is 5.51 Å². The Bertz CT molecular complexity index is 1590. The first kappa shape index (κ1) is 27.0. The number of pyridine rings is 3. The zero-order chi connectivity index (χ0) is 28.8. The van der Waals surface area contributed by atoms with Gasteiger partial charge >= 0.3 is 15.6 Å². The van der Waals surface area contributed by atoms with Crippen LogP contribution in [0.4, 0.5) is 59.5 Å². The molecule has 1 aliphatic rings. The van der Waals surface area contributed by atoms with Gasteiger partial charge in [-0.2, -0.15) is 21.6 Å². The normalized spacial score (nSPS) is 13.9. The van der Waals surface area contributed by atoms with Gasteiger partial charge in [0.2, 0.25) is 0 Å². The molecule has 4 aromatic rings. The summed E-state index contributed by atoms with van der Waals surface area (Å²) in [6.07, 6.45) is 0. The molecule has 0 aliphatic carbocycles. The van der Waals surface area contributed by atoms with E-state index in [0.29, 0.717) is 34.9 Å². The largest absolute Gasteiger partial charge is 0.534 e. The van der Waals surface area contributed by atoms with Crippen molar-refractivity contribution in [3.63, 3.8) is 0 Å². The molecule has 0 saturated carbocycles. The lowest BCUT2D eigenvalue weighted by Crippen LogP contribution is -2.29. The number of aromatic nitrogens is 3. The topological polar surface area (TPSA) is 95.0 Å². The van der Waals surface area contributed by atoms with Crippen LogP contribution in [-0.4, -0.2) is 57.1 Å². The van der Waals surface area contributed by atoms with Gasteiger partial charge in [0.15, 0.2) is 5.75 Å². The number of hydrogen-bond acceptors (Lipinski definition) is 10. The molecule has 0 fully saturated rings. The minimum absolute atomic E-state index is 0.0324. The van der Waals surface area contributed by atoms with E-state index in [-0.39, 0.29) is 11.4 Å². The summed E-state index contributed by atoms with van der Waals surface area (Å²) in [5, 5.41) is 0. The maximum absolute atomic E-state index is 13.5. The van der Waals surface area contributed by atoms with E-state index in [2.05, 4.69) is 9.97 Å². The van der Waals surface area contributed by atoms with Gasteiger partial charge in [-0.15, -0.1) is 0 Å². The summed E-state index contributed by atoms with van der Waals surface area (Å²) >= 11 is 0. The maximum atomic E-state index is 13.5. The minimum atomic E-state index is -6.02. The summed E-state index contributed by atoms with van der Waals surface area (Å²) < 4.78 is 69.7. The van der Waals surface area contributed by atoms with Gasteiger partial charge in [-0.1, -0.05) is 24.3 Å². The monoisotopic (exact) mass is 571 g/mol. The van der Waals surface area contributed by atoms with Crippen molar-refractivity contribution in [1.82, 2.24) is 15.0 Å². The van der Waals surface area contributed by atoms with Crippen LogP contribution in [0.5, 0.6) is 5.75 Å². The van der Waals surface area contributed by atoms with Gasteiger partial charge in [0.1, 0.15) is 34.9 Å². The molecule has 5 rings (SSSR count). The van der Waals surface area contributed by atoms with Crippen LogP contribution in [0.2, 0.25) is 0 Å². The van der Waals surface area contributed by atoms with E-state index in [1.54, 1.807) is 80.5 Å². The Morgan fingerprint density at radius 2 is 0.875 bits per heavy atom. The Morgan fingerprint density at radius 1 is 0.575 bits per heavy atom. The van der Waals surface area contributed by atoms with Gasteiger partial charge in [-0.25, -0.2) is 15.0 Å². The molecule has 0 saturated heterocycles. The first-order valence-electron chi connectivity index (χ1n) is 11.9. The van der Waals surface area contributed by atoms with Gasteiger partial charge in [-0.05, 0) is 48.5 Å². The lowest BCUT2D eigenvalue weighted by Gasteiger charge is -2.28. The molecule has 10 nitrogen and oxygen atoms in total. The molecule has 3 aromatic heterocycles. The predicted octanol–water partition coefficient (Wildman–Crippen LogP) is 5.49. The number of fused-ring (bicyclic) bond motifs is 8. The van der Waals surface area contributed by atoms with E-state index in [1.807, 2.05) is 18.2 Å². The average Bonchev–Trinajstić information content (AvgIpc) is 2.94. The number of para-hydroxylation sites is 1. The molecular weight excluding hydrogens is 547 g/mol. The Balaban J connectivity index is 1.78. The highest BCUT2D eigenvalue weighted by Crippen LogP contribution is 2.44. The van der Waals surface area contributed by atoms with Crippen LogP contribution in [0.15, 0.2) is 72.8 Å². The van der Waals surface area contributed by atoms with Gasteiger partial charge in [0.05, 0.1) is 11.4 Å². The molecule has 1 aliphatic heterocycles.